The molecule has 0 bridgehead atoms. The minimum absolute atomic E-state index is 0.0567. The summed E-state index contributed by atoms with van der Waals surface area (Å²) in [6.45, 7) is 0. The predicted molar refractivity (Wildman–Crippen MR) is 98.7 cm³/mol. The van der Waals surface area contributed by atoms with E-state index in [9.17, 15) is 8.42 Å². The highest BCUT2D eigenvalue weighted by Gasteiger charge is 2.28. The summed E-state index contributed by atoms with van der Waals surface area (Å²) in [7, 11) is -3.80. The van der Waals surface area contributed by atoms with E-state index in [1.807, 2.05) is 60.7 Å². The molecule has 0 saturated carbocycles. The summed E-state index contributed by atoms with van der Waals surface area (Å²) in [4.78, 5) is 0.192. The third-order valence-corrected chi connectivity index (χ3v) is 5.67. The lowest BCUT2D eigenvalue weighted by molar-refractivity contribution is 0.592. The van der Waals surface area contributed by atoms with Crippen LogP contribution in [0.2, 0.25) is 0 Å². The molecule has 0 spiro atoms. The van der Waals surface area contributed by atoms with Gasteiger partial charge in [-0.1, -0.05) is 71.9 Å². The Kier molecular flexibility index (Phi) is 4.10. The van der Waals surface area contributed by atoms with Gasteiger partial charge in [0.2, 0.25) is 14.9 Å². The predicted octanol–water partition coefficient (Wildman–Crippen LogP) is 3.77. The zero-order valence-electron chi connectivity index (χ0n) is 13.7. The Balaban J connectivity index is 1.99. The molecule has 4 rings (SSSR count). The molecule has 0 N–H and O–H groups in total. The van der Waals surface area contributed by atoms with Gasteiger partial charge in [0.25, 0.3) is 0 Å². The van der Waals surface area contributed by atoms with Crippen molar-refractivity contribution in [2.45, 2.75) is 9.92 Å². The average molecular weight is 361 g/mol. The number of sulfone groups is 1. The summed E-state index contributed by atoms with van der Waals surface area (Å²) in [5, 5.41) is 8.13. The highest BCUT2D eigenvalue weighted by atomic mass is 32.2. The number of benzene rings is 3. The highest BCUT2D eigenvalue weighted by molar-refractivity contribution is 7.91. The first kappa shape index (κ1) is 16.2. The van der Waals surface area contributed by atoms with Crippen molar-refractivity contribution >= 4 is 9.84 Å². The summed E-state index contributed by atoms with van der Waals surface area (Å²) < 4.78 is 27.9. The van der Waals surface area contributed by atoms with Crippen molar-refractivity contribution in [1.82, 2.24) is 15.0 Å². The maximum Gasteiger partial charge on any atom is 0.227 e. The van der Waals surface area contributed by atoms with Gasteiger partial charge in [0.05, 0.1) is 10.6 Å². The summed E-state index contributed by atoms with van der Waals surface area (Å²) in [6.07, 6.45) is 0. The fourth-order valence-electron chi connectivity index (χ4n) is 2.75. The average Bonchev–Trinajstić information content (AvgIpc) is 3.16. The quantitative estimate of drug-likeness (QED) is 0.555. The maximum atomic E-state index is 13.2. The van der Waals surface area contributed by atoms with Crippen molar-refractivity contribution in [3.63, 3.8) is 0 Å². The van der Waals surface area contributed by atoms with Crippen LogP contribution in [0.3, 0.4) is 0 Å². The Hall–Kier alpha value is -3.25. The van der Waals surface area contributed by atoms with Crippen LogP contribution < -0.4 is 0 Å². The first-order chi connectivity index (χ1) is 12.7. The SMILES string of the molecule is O=S(=O)(c1ccccc1)c1nnn(-c2ccccc2)c1-c1ccccc1. The number of hydrogen-bond acceptors (Lipinski definition) is 4. The Morgan fingerprint density at radius 1 is 0.692 bits per heavy atom. The number of aromatic nitrogens is 3. The fourth-order valence-corrected chi connectivity index (χ4v) is 4.09. The van der Waals surface area contributed by atoms with Gasteiger partial charge in [-0.25, -0.2) is 13.1 Å². The molecule has 0 amide bonds. The largest absolute Gasteiger partial charge is 0.227 e. The molecule has 4 aromatic rings. The van der Waals surface area contributed by atoms with E-state index in [1.165, 1.54) is 0 Å². The Labute approximate surface area is 151 Å². The van der Waals surface area contributed by atoms with Crippen molar-refractivity contribution in [3.8, 4) is 16.9 Å². The molecule has 0 aliphatic carbocycles. The smallest absolute Gasteiger partial charge is 0.217 e. The second-order valence-electron chi connectivity index (χ2n) is 5.67. The van der Waals surface area contributed by atoms with Gasteiger partial charge in [0, 0.05) is 5.56 Å². The van der Waals surface area contributed by atoms with Crippen LogP contribution in [0.5, 0.6) is 0 Å². The molecule has 3 aromatic carbocycles. The van der Waals surface area contributed by atoms with E-state index >= 15 is 0 Å². The van der Waals surface area contributed by atoms with Crippen molar-refractivity contribution in [3.05, 3.63) is 91.0 Å². The molecule has 6 heteroatoms. The minimum atomic E-state index is -3.80. The number of rotatable bonds is 4. The van der Waals surface area contributed by atoms with Gasteiger partial charge in [0.15, 0.2) is 0 Å². The van der Waals surface area contributed by atoms with Crippen molar-refractivity contribution < 1.29 is 8.42 Å². The van der Waals surface area contributed by atoms with Gasteiger partial charge in [-0.15, -0.1) is 5.10 Å². The standard InChI is InChI=1S/C20H15N3O2S/c24-26(25,18-14-8-3-9-15-18)20-19(16-10-4-1-5-11-16)23(22-21-20)17-12-6-2-7-13-17/h1-15H. The highest BCUT2D eigenvalue weighted by Crippen LogP contribution is 2.31. The second-order valence-corrected chi connectivity index (χ2v) is 7.54. The molecule has 0 radical (unpaired) electrons. The van der Waals surface area contributed by atoms with Gasteiger partial charge in [0.1, 0.15) is 5.69 Å². The minimum Gasteiger partial charge on any atom is -0.217 e. The Morgan fingerprint density at radius 2 is 1.23 bits per heavy atom. The second kappa shape index (κ2) is 6.57. The lowest BCUT2D eigenvalue weighted by Crippen LogP contribution is -2.05. The number of nitrogens with zero attached hydrogens (tertiary/aromatic N) is 3. The van der Waals surface area contributed by atoms with Crippen molar-refractivity contribution in [1.29, 1.82) is 0 Å². The molecule has 0 unspecified atom stereocenters. The van der Waals surface area contributed by atoms with E-state index in [4.69, 9.17) is 0 Å². The molecule has 1 heterocycles. The van der Waals surface area contributed by atoms with Crippen LogP contribution in [-0.2, 0) is 9.84 Å². The summed E-state index contributed by atoms with van der Waals surface area (Å²) in [5.41, 5.74) is 1.92. The Morgan fingerprint density at radius 3 is 1.85 bits per heavy atom. The number of hydrogen-bond donors (Lipinski definition) is 0. The zero-order chi connectivity index (χ0) is 18.0. The van der Waals surface area contributed by atoms with E-state index in [1.54, 1.807) is 35.0 Å². The molecule has 0 fully saturated rings. The molecular formula is C20H15N3O2S. The van der Waals surface area contributed by atoms with Crippen LogP contribution in [0.4, 0.5) is 0 Å². The Bertz CT molecular complexity index is 1120. The normalized spacial score (nSPS) is 11.4. The van der Waals surface area contributed by atoms with E-state index in [2.05, 4.69) is 10.3 Å². The molecule has 0 saturated heterocycles. The van der Waals surface area contributed by atoms with Crippen molar-refractivity contribution in [2.24, 2.45) is 0 Å². The van der Waals surface area contributed by atoms with Gasteiger partial charge >= 0.3 is 0 Å². The maximum absolute atomic E-state index is 13.2. The van der Waals surface area contributed by atoms with Crippen LogP contribution in [0.25, 0.3) is 16.9 Å². The molecule has 1 aromatic heterocycles. The van der Waals surface area contributed by atoms with Gasteiger partial charge in [-0.2, -0.15) is 0 Å². The molecule has 0 aliphatic rings. The zero-order valence-corrected chi connectivity index (χ0v) is 14.5. The van der Waals surface area contributed by atoms with Crippen LogP contribution in [0.15, 0.2) is 101 Å². The van der Waals surface area contributed by atoms with Crippen LogP contribution >= 0.6 is 0 Å². The van der Waals surface area contributed by atoms with Crippen molar-refractivity contribution in [2.75, 3.05) is 0 Å². The topological polar surface area (TPSA) is 64.8 Å². The summed E-state index contributed by atoms with van der Waals surface area (Å²) in [6, 6.07) is 26.9. The third kappa shape index (κ3) is 2.80. The van der Waals surface area contributed by atoms with Gasteiger partial charge in [-0.3, -0.25) is 0 Å². The van der Waals surface area contributed by atoms with Gasteiger partial charge in [-0.05, 0) is 24.3 Å². The van der Waals surface area contributed by atoms with E-state index in [0.29, 0.717) is 5.69 Å². The molecule has 5 nitrogen and oxygen atoms in total. The molecule has 0 aliphatic heterocycles. The fraction of sp³-hybridized carbons (Fsp3) is 0. The van der Waals surface area contributed by atoms with E-state index in [-0.39, 0.29) is 9.92 Å². The first-order valence-corrected chi connectivity index (χ1v) is 9.53. The van der Waals surface area contributed by atoms with Crippen LogP contribution in [0.1, 0.15) is 0 Å². The van der Waals surface area contributed by atoms with E-state index in [0.717, 1.165) is 11.3 Å². The molecule has 128 valence electrons. The molecule has 26 heavy (non-hydrogen) atoms. The summed E-state index contributed by atoms with van der Waals surface area (Å²) >= 11 is 0. The molecule has 0 atom stereocenters. The van der Waals surface area contributed by atoms with Gasteiger partial charge < -0.3 is 0 Å². The third-order valence-electron chi connectivity index (χ3n) is 4.00. The van der Waals surface area contributed by atoms with E-state index < -0.39 is 9.84 Å². The molecular weight excluding hydrogens is 346 g/mol. The first-order valence-electron chi connectivity index (χ1n) is 8.04. The lowest BCUT2D eigenvalue weighted by Gasteiger charge is -2.09. The van der Waals surface area contributed by atoms with Crippen LogP contribution in [0, 0.1) is 0 Å². The summed E-state index contributed by atoms with van der Waals surface area (Å²) in [5.74, 6) is 0. The monoisotopic (exact) mass is 361 g/mol. The van der Waals surface area contributed by atoms with Crippen LogP contribution in [-0.4, -0.2) is 23.4 Å². The lowest BCUT2D eigenvalue weighted by atomic mass is 10.1. The number of para-hydroxylation sites is 1.